The zero-order valence-electron chi connectivity index (χ0n) is 44.4. The van der Waals surface area contributed by atoms with Gasteiger partial charge in [-0.3, -0.25) is 4.90 Å². The number of rotatable bonds is 5. The number of nitrogens with one attached hydrogen (secondary N) is 1. The van der Waals surface area contributed by atoms with E-state index in [1.807, 2.05) is 6.07 Å². The molecule has 3 heterocycles. The summed E-state index contributed by atoms with van der Waals surface area (Å²) in [5.74, 6) is 119. The van der Waals surface area contributed by atoms with E-state index in [-0.39, 0.29) is 5.82 Å². The number of nitrogens with zero attached hydrogens (tertiary/aromatic N) is 1. The van der Waals surface area contributed by atoms with Gasteiger partial charge in [0, 0.05) is 213 Å². The van der Waals surface area contributed by atoms with Crippen LogP contribution in [0.3, 0.4) is 0 Å². The van der Waals surface area contributed by atoms with Crippen molar-refractivity contribution < 1.29 is 18.6 Å². The second-order valence-corrected chi connectivity index (χ2v) is 15.1. The fourth-order valence-electron chi connectivity index (χ4n) is 6.82. The first-order valence-corrected chi connectivity index (χ1v) is 23.9. The second kappa shape index (κ2) is 37.6. The lowest BCUT2D eigenvalue weighted by molar-refractivity contribution is 0.158. The number of halogens is 1. The molecule has 0 amide bonds. The highest BCUT2D eigenvalue weighted by Crippen LogP contribution is 2.44. The van der Waals surface area contributed by atoms with Crippen LogP contribution in [0.1, 0.15) is 40.9 Å². The van der Waals surface area contributed by atoms with Gasteiger partial charge in [-0.05, 0) is 179 Å². The molecule has 0 bridgehead atoms. The summed E-state index contributed by atoms with van der Waals surface area (Å²) < 4.78 is 30.5. The van der Waals surface area contributed by atoms with Crippen molar-refractivity contribution in [3.8, 4) is 302 Å². The van der Waals surface area contributed by atoms with Crippen LogP contribution in [0.15, 0.2) is 54.6 Å². The fraction of sp³-hybridized carbons (Fsp3) is 0.117. The predicted molar refractivity (Wildman–Crippen MR) is 322 cm³/mol. The maximum Gasteiger partial charge on any atom is 0.161 e. The lowest BCUT2D eigenvalue weighted by atomic mass is 9.85. The number of terminal acetylenes is 1. The van der Waals surface area contributed by atoms with Crippen LogP contribution in [0.4, 0.5) is 4.39 Å². The zero-order valence-corrected chi connectivity index (χ0v) is 44.4. The minimum Gasteiger partial charge on any atom is -0.497 e. The standard InChI is InChI=1S/C49H4.C28H27FN2O3/c1-3-5-7-9-11-13-15-17-19-21-23-25-27-29-31-33-35-37-39-41-43-45-47-49-48-46-44-42-40-38-36-34-32-30-28-26-24-22-20-18-16-14-12-10-8-6-4-2;1-32-20-7-8-24-22(12-20)23-13-26-21-14-27(33-2)28(34-16-17-3-5-19(29)6-4-17)11-18(21)9-10-31(26)15-25(23)30-24/h1H,2H3;3-8,11-12,14,26,30H,9-10,13,15-16H2,1-2H3. The first-order valence-electron chi connectivity index (χ1n) is 23.9. The summed E-state index contributed by atoms with van der Waals surface area (Å²) in [7, 11) is 3.39. The lowest BCUT2D eigenvalue weighted by Gasteiger charge is -2.40. The topological polar surface area (TPSA) is 46.7 Å². The zero-order chi connectivity index (χ0) is 58.5. The number of aromatic amines is 1. The Morgan fingerprint density at radius 1 is 0.494 bits per heavy atom. The summed E-state index contributed by atoms with van der Waals surface area (Å²) in [6, 6.07) is 17.2. The van der Waals surface area contributed by atoms with Crippen LogP contribution in [0.2, 0.25) is 0 Å². The Kier molecular flexibility index (Phi) is 27.1. The molecule has 4 aromatic rings. The van der Waals surface area contributed by atoms with Gasteiger partial charge in [-0.25, -0.2) is 4.39 Å². The fourth-order valence-corrected chi connectivity index (χ4v) is 6.82. The number of benzene rings is 3. The number of hydrogen-bond acceptors (Lipinski definition) is 4. The maximum absolute atomic E-state index is 13.2. The minimum absolute atomic E-state index is 0.246. The Bertz CT molecular complexity index is 4910. The largest absolute Gasteiger partial charge is 0.497 e. The van der Waals surface area contributed by atoms with Crippen LogP contribution < -0.4 is 14.2 Å². The molecule has 5 nitrogen and oxygen atoms in total. The summed E-state index contributed by atoms with van der Waals surface area (Å²) >= 11 is 0. The van der Waals surface area contributed by atoms with Crippen molar-refractivity contribution in [2.45, 2.75) is 39.0 Å². The molecule has 0 saturated heterocycles. The van der Waals surface area contributed by atoms with Crippen LogP contribution in [0.25, 0.3) is 10.9 Å². The molecule has 83 heavy (non-hydrogen) atoms. The number of ether oxygens (including phenoxy) is 3. The molecule has 1 atom stereocenters. The molecule has 1 N–H and O–H groups in total. The van der Waals surface area contributed by atoms with Gasteiger partial charge in [-0.1, -0.05) is 18.1 Å². The van der Waals surface area contributed by atoms with E-state index in [1.54, 1.807) is 33.3 Å². The van der Waals surface area contributed by atoms with Crippen LogP contribution in [0.5, 0.6) is 17.2 Å². The molecule has 6 rings (SSSR count). The average Bonchev–Trinajstić information content (AvgIpc) is 4.16. The number of aromatic nitrogens is 1. The summed E-state index contributed by atoms with van der Waals surface area (Å²) in [6.45, 7) is 3.96. The molecular weight excluding hydrogens is 1020 g/mol. The van der Waals surface area contributed by atoms with Crippen molar-refractivity contribution >= 4 is 10.9 Å². The van der Waals surface area contributed by atoms with Crippen LogP contribution in [0, 0.1) is 291 Å². The highest BCUT2D eigenvalue weighted by Gasteiger charge is 2.35. The number of hydrogen-bond donors (Lipinski definition) is 1. The molecule has 374 valence electrons. The second-order valence-electron chi connectivity index (χ2n) is 15.1. The van der Waals surface area contributed by atoms with Gasteiger partial charge >= 0.3 is 0 Å². The van der Waals surface area contributed by atoms with Crippen molar-refractivity contribution in [3.05, 3.63) is 88.4 Å². The summed E-state index contributed by atoms with van der Waals surface area (Å²) in [5, 5.41) is 1.24. The van der Waals surface area contributed by atoms with Crippen molar-refractivity contribution in [2.24, 2.45) is 0 Å². The van der Waals surface area contributed by atoms with E-state index in [4.69, 9.17) is 20.6 Å². The Hall–Kier alpha value is -14.1. The Morgan fingerprint density at radius 2 is 0.904 bits per heavy atom. The van der Waals surface area contributed by atoms with E-state index in [9.17, 15) is 4.39 Å². The first-order chi connectivity index (χ1) is 41.0. The molecule has 2 aliphatic heterocycles. The number of methoxy groups -OCH3 is 2. The van der Waals surface area contributed by atoms with Crippen LogP contribution in [-0.4, -0.2) is 30.6 Å². The van der Waals surface area contributed by atoms with E-state index in [0.717, 1.165) is 54.3 Å². The normalized spacial score (nSPS) is 9.31. The van der Waals surface area contributed by atoms with Gasteiger partial charge in [0.2, 0.25) is 0 Å². The van der Waals surface area contributed by atoms with Gasteiger partial charge in [0.1, 0.15) is 18.2 Å². The van der Waals surface area contributed by atoms with E-state index in [1.165, 1.54) is 39.9 Å². The summed E-state index contributed by atoms with van der Waals surface area (Å²) in [6.07, 6.45) is 6.84. The molecule has 0 radical (unpaired) electrons. The molecule has 3 aromatic carbocycles. The molecule has 6 heteroatoms. The third-order valence-electron chi connectivity index (χ3n) is 10.1. The lowest BCUT2D eigenvalue weighted by Crippen LogP contribution is -2.39. The molecule has 0 spiro atoms. The third kappa shape index (κ3) is 23.2. The highest BCUT2D eigenvalue weighted by atomic mass is 19.1. The van der Waals surface area contributed by atoms with Crippen molar-refractivity contribution in [3.63, 3.8) is 0 Å². The molecule has 1 unspecified atom stereocenters. The van der Waals surface area contributed by atoms with Crippen molar-refractivity contribution in [1.82, 2.24) is 9.88 Å². The molecule has 0 fully saturated rings. The van der Waals surface area contributed by atoms with Crippen LogP contribution >= 0.6 is 0 Å². The predicted octanol–water partition coefficient (Wildman–Crippen LogP) is 6.28. The highest BCUT2D eigenvalue weighted by molar-refractivity contribution is 5.86. The minimum atomic E-state index is -0.246. The molecule has 0 aliphatic carbocycles. The van der Waals surface area contributed by atoms with Crippen LogP contribution in [-0.2, 0) is 26.0 Å². The average molecular weight is 1050 g/mol. The van der Waals surface area contributed by atoms with E-state index in [0.29, 0.717) is 12.6 Å². The van der Waals surface area contributed by atoms with Gasteiger partial charge < -0.3 is 19.2 Å². The SMILES string of the molecule is C#CC#CC#CC#CC#CC#CC#CC#CC#CC#CC#CC#CC#CC#CC#CC#CC#CC#CC#CC#CC#CC#CC#CC#CC.COc1ccc2[nH]c3c(c2c1)CC1c2cc(OC)c(OCc4ccc(F)cc4)cc2CCN1C3. The Balaban J connectivity index is 0.000000320. The Labute approximate surface area is 486 Å². The van der Waals surface area contributed by atoms with Gasteiger partial charge in [-0.15, -0.1) is 6.42 Å². The Morgan fingerprint density at radius 3 is 1.29 bits per heavy atom. The smallest absolute Gasteiger partial charge is 0.161 e. The van der Waals surface area contributed by atoms with Gasteiger partial charge in [0.15, 0.2) is 11.5 Å². The van der Waals surface area contributed by atoms with E-state index in [2.05, 4.69) is 312 Å². The quantitative estimate of drug-likeness (QED) is 0.240. The maximum atomic E-state index is 13.2. The van der Waals surface area contributed by atoms with Gasteiger partial charge in [-0.2, -0.15) is 0 Å². The molecule has 0 saturated carbocycles. The number of fused-ring (bicyclic) bond motifs is 6. The van der Waals surface area contributed by atoms with E-state index < -0.39 is 0 Å². The molecule has 1 aromatic heterocycles. The summed E-state index contributed by atoms with van der Waals surface area (Å²) in [4.78, 5) is 6.18. The summed E-state index contributed by atoms with van der Waals surface area (Å²) in [5.41, 5.74) is 7.36. The van der Waals surface area contributed by atoms with Gasteiger partial charge in [0.25, 0.3) is 0 Å². The van der Waals surface area contributed by atoms with Crippen molar-refractivity contribution in [1.29, 1.82) is 0 Å². The van der Waals surface area contributed by atoms with E-state index >= 15 is 0 Å². The number of H-pyrrole nitrogens is 1. The first kappa shape index (κ1) is 59.8. The third-order valence-corrected chi connectivity index (χ3v) is 10.1. The monoisotopic (exact) mass is 1050 g/mol. The molecular formula is C77H31FN2O3. The van der Waals surface area contributed by atoms with Crippen molar-refractivity contribution in [2.75, 3.05) is 20.8 Å². The van der Waals surface area contributed by atoms with Gasteiger partial charge in [0.05, 0.1) is 14.2 Å². The molecule has 2 aliphatic rings.